The lowest BCUT2D eigenvalue weighted by molar-refractivity contribution is -0.147. The molecule has 0 saturated carbocycles. The van der Waals surface area contributed by atoms with E-state index in [1.807, 2.05) is 0 Å². The van der Waals surface area contributed by atoms with E-state index in [9.17, 15) is 24.2 Å². The average Bonchev–Trinajstić information content (AvgIpc) is 2.82. The van der Waals surface area contributed by atoms with Crippen molar-refractivity contribution in [2.45, 2.75) is 70.4 Å². The number of aliphatic carboxylic acids is 1. The monoisotopic (exact) mass is 517 g/mol. The smallest absolute Gasteiger partial charge is 0.472 e. The van der Waals surface area contributed by atoms with E-state index in [2.05, 4.69) is 64.6 Å². The molecule has 0 aliphatic carbocycles. The van der Waals surface area contributed by atoms with E-state index in [0.717, 1.165) is 38.5 Å². The number of phosphoric acid groups is 1. The number of hydrogen-bond donors (Lipinski definition) is 4. The number of esters is 1. The van der Waals surface area contributed by atoms with E-state index in [0.29, 0.717) is 6.42 Å². The number of carboxylic acids is 1. The van der Waals surface area contributed by atoms with Gasteiger partial charge in [-0.2, -0.15) is 0 Å². The first-order valence-electron chi connectivity index (χ1n) is 11.7. The van der Waals surface area contributed by atoms with Crippen LogP contribution >= 0.6 is 7.82 Å². The molecule has 0 aromatic carbocycles. The quantitative estimate of drug-likeness (QED) is 0.0761. The number of aliphatic hydroxyl groups excluding tert-OH is 1. The van der Waals surface area contributed by atoms with Crippen molar-refractivity contribution in [3.63, 3.8) is 0 Å². The number of allylic oxidation sites excluding steroid dienone is 8. The summed E-state index contributed by atoms with van der Waals surface area (Å²) in [6.07, 6.45) is 22.0. The Kier molecular flexibility index (Phi) is 20.0. The molecule has 200 valence electrons. The van der Waals surface area contributed by atoms with Gasteiger partial charge in [-0.15, -0.1) is 0 Å². The zero-order chi connectivity index (χ0) is 26.4. The first kappa shape index (κ1) is 32.9. The number of phosphoric ester groups is 1. The molecule has 0 amide bonds. The second-order valence-corrected chi connectivity index (χ2v) is 9.04. The second-order valence-electron chi connectivity index (χ2n) is 7.59. The van der Waals surface area contributed by atoms with Crippen molar-refractivity contribution >= 4 is 19.8 Å². The molecule has 3 unspecified atom stereocenters. The van der Waals surface area contributed by atoms with Crippen LogP contribution in [0.15, 0.2) is 48.6 Å². The summed E-state index contributed by atoms with van der Waals surface area (Å²) in [7, 11) is -4.59. The van der Waals surface area contributed by atoms with Gasteiger partial charge in [0.15, 0.2) is 0 Å². The van der Waals surface area contributed by atoms with E-state index in [-0.39, 0.29) is 6.42 Å². The highest BCUT2D eigenvalue weighted by atomic mass is 31.2. The number of ether oxygens (including phenoxy) is 1. The summed E-state index contributed by atoms with van der Waals surface area (Å²) in [5.41, 5.74) is 5.15. The van der Waals surface area contributed by atoms with Gasteiger partial charge in [0.2, 0.25) is 0 Å². The molecule has 0 aromatic rings. The normalized spacial score (nSPS) is 15.8. The number of aliphatic hydroxyl groups is 1. The minimum absolute atomic E-state index is 0.190. The number of unbranched alkanes of at least 4 members (excludes halogenated alkanes) is 2. The highest BCUT2D eigenvalue weighted by Crippen LogP contribution is 2.43. The van der Waals surface area contributed by atoms with E-state index in [4.69, 9.17) is 15.6 Å². The van der Waals surface area contributed by atoms with Crippen LogP contribution in [0.3, 0.4) is 0 Å². The van der Waals surface area contributed by atoms with Crippen LogP contribution in [0.2, 0.25) is 0 Å². The fraction of sp³-hybridized carbons (Fsp3) is 0.583. The van der Waals surface area contributed by atoms with Crippen LogP contribution in [0.5, 0.6) is 0 Å². The molecule has 35 heavy (non-hydrogen) atoms. The van der Waals surface area contributed by atoms with Gasteiger partial charge in [0.1, 0.15) is 18.8 Å². The van der Waals surface area contributed by atoms with E-state index in [1.54, 1.807) is 0 Å². The molecule has 0 bridgehead atoms. The molecule has 10 nitrogen and oxygen atoms in total. The second kappa shape index (κ2) is 21.2. The molecule has 0 aromatic heterocycles. The molecule has 3 atom stereocenters. The van der Waals surface area contributed by atoms with Gasteiger partial charge in [0.25, 0.3) is 0 Å². The SMILES string of the molecule is CC/C=C\C/C=C\C/C=C\C/C=C\CCCCC(=O)OCC(O)COP(=O)(O)OCC(N)C(=O)O. The summed E-state index contributed by atoms with van der Waals surface area (Å²) in [4.78, 5) is 31.7. The molecule has 0 aliphatic heterocycles. The number of carbonyl (C=O) groups excluding carboxylic acids is 1. The zero-order valence-electron chi connectivity index (χ0n) is 20.4. The van der Waals surface area contributed by atoms with Gasteiger partial charge >= 0.3 is 19.8 Å². The molecule has 0 fully saturated rings. The highest BCUT2D eigenvalue weighted by molar-refractivity contribution is 7.47. The largest absolute Gasteiger partial charge is 0.480 e. The van der Waals surface area contributed by atoms with Gasteiger partial charge in [-0.05, 0) is 44.9 Å². The number of carbonyl (C=O) groups is 2. The summed E-state index contributed by atoms with van der Waals surface area (Å²) in [5, 5.41) is 18.3. The van der Waals surface area contributed by atoms with Crippen molar-refractivity contribution in [3.05, 3.63) is 48.6 Å². The van der Waals surface area contributed by atoms with Crippen LogP contribution in [-0.2, 0) is 27.9 Å². The lowest BCUT2D eigenvalue weighted by Crippen LogP contribution is -2.34. The van der Waals surface area contributed by atoms with Crippen LogP contribution in [-0.4, -0.2) is 59.0 Å². The predicted octanol–water partition coefficient (Wildman–Crippen LogP) is 3.80. The third kappa shape index (κ3) is 22.2. The van der Waals surface area contributed by atoms with Crippen LogP contribution in [0.4, 0.5) is 0 Å². The van der Waals surface area contributed by atoms with Crippen LogP contribution in [0.25, 0.3) is 0 Å². The first-order chi connectivity index (χ1) is 16.7. The van der Waals surface area contributed by atoms with Crippen LogP contribution in [0, 0.1) is 0 Å². The summed E-state index contributed by atoms with van der Waals surface area (Å²) in [6, 6.07) is -1.49. The maximum Gasteiger partial charge on any atom is 0.472 e. The van der Waals surface area contributed by atoms with Crippen molar-refractivity contribution < 1.29 is 43.0 Å². The number of carboxylic acid groups (broad SMARTS) is 1. The van der Waals surface area contributed by atoms with Crippen molar-refractivity contribution in [1.29, 1.82) is 0 Å². The fourth-order valence-electron chi connectivity index (χ4n) is 2.40. The van der Waals surface area contributed by atoms with Gasteiger partial charge < -0.3 is 25.6 Å². The molecule has 0 radical (unpaired) electrons. The summed E-state index contributed by atoms with van der Waals surface area (Å²) >= 11 is 0. The minimum Gasteiger partial charge on any atom is -0.480 e. The van der Waals surface area contributed by atoms with Gasteiger partial charge in [-0.25, -0.2) is 4.57 Å². The van der Waals surface area contributed by atoms with Crippen molar-refractivity contribution in [2.24, 2.45) is 5.73 Å². The van der Waals surface area contributed by atoms with E-state index in [1.165, 1.54) is 0 Å². The molecule has 0 rings (SSSR count). The summed E-state index contributed by atoms with van der Waals surface area (Å²) < 4.78 is 25.4. The third-order valence-electron chi connectivity index (χ3n) is 4.32. The Hall–Kier alpha value is -2.07. The average molecular weight is 518 g/mol. The third-order valence-corrected chi connectivity index (χ3v) is 5.27. The van der Waals surface area contributed by atoms with Gasteiger partial charge in [0, 0.05) is 6.42 Å². The van der Waals surface area contributed by atoms with Crippen molar-refractivity contribution in [1.82, 2.24) is 0 Å². The predicted molar refractivity (Wildman–Crippen MR) is 133 cm³/mol. The molecule has 0 aliphatic rings. The van der Waals surface area contributed by atoms with Crippen molar-refractivity contribution in [3.8, 4) is 0 Å². The summed E-state index contributed by atoms with van der Waals surface area (Å²) in [5.74, 6) is -1.90. The first-order valence-corrected chi connectivity index (χ1v) is 13.2. The topological polar surface area (TPSA) is 166 Å². The van der Waals surface area contributed by atoms with E-state index >= 15 is 0 Å². The van der Waals surface area contributed by atoms with Gasteiger partial charge in [-0.3, -0.25) is 18.6 Å². The molecular weight excluding hydrogens is 477 g/mol. The lowest BCUT2D eigenvalue weighted by Gasteiger charge is -2.16. The van der Waals surface area contributed by atoms with Gasteiger partial charge in [0.05, 0.1) is 13.2 Å². The fourth-order valence-corrected chi connectivity index (χ4v) is 3.19. The number of hydrogen-bond acceptors (Lipinski definition) is 8. The highest BCUT2D eigenvalue weighted by Gasteiger charge is 2.26. The number of rotatable bonds is 21. The summed E-state index contributed by atoms with van der Waals surface area (Å²) in [6.45, 7) is 0.318. The Morgan fingerprint density at radius 2 is 1.43 bits per heavy atom. The Bertz CT molecular complexity index is 749. The molecule has 5 N–H and O–H groups in total. The molecule has 11 heteroatoms. The molecular formula is C24H40NO9P. The van der Waals surface area contributed by atoms with Crippen LogP contribution in [0.1, 0.15) is 58.3 Å². The Labute approximate surface area is 207 Å². The maximum absolute atomic E-state index is 11.7. The molecule has 0 spiro atoms. The lowest BCUT2D eigenvalue weighted by atomic mass is 10.2. The van der Waals surface area contributed by atoms with Crippen LogP contribution < -0.4 is 5.73 Å². The van der Waals surface area contributed by atoms with Crippen molar-refractivity contribution in [2.75, 3.05) is 19.8 Å². The van der Waals surface area contributed by atoms with Gasteiger partial charge in [-0.1, -0.05) is 55.5 Å². The molecule has 0 heterocycles. The maximum atomic E-state index is 11.7. The number of nitrogens with two attached hydrogens (primary N) is 1. The Morgan fingerprint density at radius 3 is 2.00 bits per heavy atom. The standard InChI is InChI=1S/C24H40NO9P/c1-2-3-4-5-6-7-8-9-10-11-12-13-14-15-16-17-23(27)32-18-21(26)19-33-35(30,31)34-20-22(25)24(28)29/h3-4,6-7,9-10,12-13,21-22,26H,2,5,8,11,14-20,25H2,1H3,(H,28,29)(H,30,31)/b4-3-,7-6-,10-9-,13-12-. The zero-order valence-corrected chi connectivity index (χ0v) is 21.3. The Morgan fingerprint density at radius 1 is 0.886 bits per heavy atom. The minimum atomic E-state index is -4.59. The van der Waals surface area contributed by atoms with E-state index < -0.39 is 51.7 Å². The Balaban J connectivity index is 3.78. The molecule has 0 saturated heterocycles.